The van der Waals surface area contributed by atoms with Crippen LogP contribution in [0.15, 0.2) is 84.5 Å². The minimum Gasteiger partial charge on any atom is -0.423 e. The number of benzene rings is 2. The highest BCUT2D eigenvalue weighted by Gasteiger charge is 2.27. The smallest absolute Gasteiger partial charge is 0.336 e. The van der Waals surface area contributed by atoms with E-state index in [0.717, 1.165) is 66.3 Å². The maximum absolute atomic E-state index is 13.2. The lowest BCUT2D eigenvalue weighted by Gasteiger charge is -2.17. The Bertz CT molecular complexity index is 2390. The van der Waals surface area contributed by atoms with Gasteiger partial charge in [0.2, 0.25) is 0 Å². The van der Waals surface area contributed by atoms with Crippen molar-refractivity contribution in [3.63, 3.8) is 0 Å². The van der Waals surface area contributed by atoms with Crippen LogP contribution in [0, 0.1) is 13.8 Å². The molecule has 298 valence electrons. The maximum Gasteiger partial charge on any atom is 0.336 e. The van der Waals surface area contributed by atoms with E-state index in [1.807, 2.05) is 31.4 Å². The third-order valence-corrected chi connectivity index (χ3v) is 10.4. The van der Waals surface area contributed by atoms with Gasteiger partial charge in [0.1, 0.15) is 11.5 Å². The first-order chi connectivity index (χ1) is 28.0. The van der Waals surface area contributed by atoms with Crippen molar-refractivity contribution in [2.24, 2.45) is 0 Å². The summed E-state index contributed by atoms with van der Waals surface area (Å²) < 4.78 is 10.9. The van der Waals surface area contributed by atoms with Crippen LogP contribution in [0.3, 0.4) is 0 Å². The number of aromatic amines is 1. The second kappa shape index (κ2) is 19.1. The van der Waals surface area contributed by atoms with E-state index < -0.39 is 18.0 Å². The first-order valence-corrected chi connectivity index (χ1v) is 19.8. The predicted octanol–water partition coefficient (Wildman–Crippen LogP) is 7.51. The molecular formula is C44H44N6O7S. The van der Waals surface area contributed by atoms with E-state index in [4.69, 9.17) is 9.47 Å². The van der Waals surface area contributed by atoms with Crippen LogP contribution in [0.4, 0.5) is 9.93 Å². The summed E-state index contributed by atoms with van der Waals surface area (Å²) in [6, 6.07) is 14.8. The van der Waals surface area contributed by atoms with Crippen molar-refractivity contribution in [1.82, 2.24) is 25.2 Å². The molecule has 6 rings (SSSR count). The van der Waals surface area contributed by atoms with Gasteiger partial charge in [-0.25, -0.2) is 19.4 Å². The SMILES string of the molecule is CCN(CC)CCCC(=O)c1c(C)[nH]c(/C=C2\C(=O)Cc3ccc(OC(=O)/C=C\C(=O)Oc4cccc(CNC(=O)Nc5nc(-c6ccncc6)cs5)c4)cc32)c1C. The molecule has 2 amide bonds. The second-order valence-electron chi connectivity index (χ2n) is 13.6. The number of carbonyl (C=O) groups is 5. The van der Waals surface area contributed by atoms with Gasteiger partial charge in [0, 0.05) is 77.4 Å². The van der Waals surface area contributed by atoms with E-state index in [1.165, 1.54) is 11.3 Å². The van der Waals surface area contributed by atoms with Crippen molar-refractivity contribution in [2.45, 2.75) is 53.5 Å². The molecule has 58 heavy (non-hydrogen) atoms. The van der Waals surface area contributed by atoms with Gasteiger partial charge in [-0.15, -0.1) is 11.3 Å². The first-order valence-electron chi connectivity index (χ1n) is 19.0. The molecule has 1 aliphatic rings. The number of allylic oxidation sites excluding steroid dienone is 1. The Morgan fingerprint density at radius 1 is 0.948 bits per heavy atom. The van der Waals surface area contributed by atoms with Gasteiger partial charge in [-0.1, -0.05) is 32.0 Å². The Hall–Kier alpha value is -6.51. The van der Waals surface area contributed by atoms with Gasteiger partial charge in [-0.3, -0.25) is 19.9 Å². The number of pyridine rings is 1. The zero-order valence-electron chi connectivity index (χ0n) is 32.7. The number of carbonyl (C=O) groups excluding carboxylic acids is 5. The third-order valence-electron chi connectivity index (χ3n) is 9.68. The van der Waals surface area contributed by atoms with E-state index >= 15 is 0 Å². The standard InChI is InChI=1S/C44H44N6O7S/c1-5-50(6-2)20-8-11-38(51)42-27(3)36(47-28(42)4)24-35-34-23-33(13-12-31(34)22-39(35)52)57-41(54)15-14-40(53)56-32-10-7-9-29(21-32)25-46-43(55)49-44-48-37(26-58-44)30-16-18-45-19-17-30/h7,9-10,12-19,21,23-24,26,47H,5-6,8,11,20,22,25H2,1-4H3,(H2,46,48,49,55)/b15-14-,35-24-. The molecule has 0 atom stereocenters. The number of rotatable bonds is 16. The third kappa shape index (κ3) is 10.5. The van der Waals surface area contributed by atoms with Crippen molar-refractivity contribution in [1.29, 1.82) is 0 Å². The molecule has 0 fully saturated rings. The highest BCUT2D eigenvalue weighted by Crippen LogP contribution is 2.35. The maximum atomic E-state index is 13.2. The van der Waals surface area contributed by atoms with Crippen molar-refractivity contribution in [3.8, 4) is 22.8 Å². The molecule has 3 aromatic heterocycles. The molecule has 0 saturated heterocycles. The number of ether oxygens (including phenoxy) is 2. The Morgan fingerprint density at radius 2 is 1.67 bits per heavy atom. The summed E-state index contributed by atoms with van der Waals surface area (Å²) in [5.41, 5.74) is 7.02. The molecule has 3 heterocycles. The topological polar surface area (TPSA) is 173 Å². The second-order valence-corrected chi connectivity index (χ2v) is 14.5. The number of ketones is 2. The van der Waals surface area contributed by atoms with Gasteiger partial charge in [0.05, 0.1) is 5.69 Å². The monoisotopic (exact) mass is 800 g/mol. The first kappa shape index (κ1) is 41.1. The van der Waals surface area contributed by atoms with Gasteiger partial charge in [-0.05, 0) is 105 Å². The number of hydrogen-bond acceptors (Lipinski definition) is 11. The molecule has 3 N–H and O–H groups in total. The minimum absolute atomic E-state index is 0.0692. The van der Waals surface area contributed by atoms with E-state index in [-0.39, 0.29) is 36.0 Å². The Labute approximate surface area is 340 Å². The molecule has 0 unspecified atom stereocenters. The lowest BCUT2D eigenvalue weighted by atomic mass is 10.00. The Kier molecular flexibility index (Phi) is 13.5. The number of esters is 2. The normalized spacial score (nSPS) is 12.9. The van der Waals surface area contributed by atoms with E-state index in [9.17, 15) is 24.0 Å². The van der Waals surface area contributed by atoms with Crippen LogP contribution in [-0.4, -0.2) is 69.0 Å². The molecule has 2 aromatic carbocycles. The lowest BCUT2D eigenvalue weighted by molar-refractivity contribution is -0.131. The molecule has 1 aliphatic carbocycles. The quantitative estimate of drug-likeness (QED) is 0.0393. The summed E-state index contributed by atoms with van der Waals surface area (Å²) in [6.07, 6.45) is 8.41. The Morgan fingerprint density at radius 3 is 2.40 bits per heavy atom. The number of thiazole rings is 1. The molecule has 0 saturated carbocycles. The fraction of sp³-hybridized carbons (Fsp3) is 0.250. The largest absolute Gasteiger partial charge is 0.423 e. The number of aromatic nitrogens is 3. The number of Topliss-reactive ketones (excluding diaryl/α,β-unsaturated/α-hetero) is 2. The fourth-order valence-corrected chi connectivity index (χ4v) is 7.39. The van der Waals surface area contributed by atoms with Crippen molar-refractivity contribution < 1.29 is 33.4 Å². The molecule has 0 aliphatic heterocycles. The average molecular weight is 801 g/mol. The summed E-state index contributed by atoms with van der Waals surface area (Å²) in [5.74, 6) is -1.24. The Balaban J connectivity index is 1.01. The number of hydrogen-bond donors (Lipinski definition) is 3. The molecule has 5 aromatic rings. The van der Waals surface area contributed by atoms with Crippen LogP contribution in [0.1, 0.15) is 70.7 Å². The fourth-order valence-electron chi connectivity index (χ4n) is 6.68. The number of anilines is 1. The molecular weight excluding hydrogens is 757 g/mol. The van der Waals surface area contributed by atoms with Gasteiger partial charge in [0.25, 0.3) is 0 Å². The summed E-state index contributed by atoms with van der Waals surface area (Å²) in [5, 5.41) is 7.73. The molecule has 13 nitrogen and oxygen atoms in total. The van der Waals surface area contributed by atoms with Gasteiger partial charge < -0.3 is 24.7 Å². The zero-order valence-corrected chi connectivity index (χ0v) is 33.5. The van der Waals surface area contributed by atoms with Crippen molar-refractivity contribution >= 4 is 57.7 Å². The number of urea groups is 1. The van der Waals surface area contributed by atoms with Gasteiger partial charge >= 0.3 is 18.0 Å². The van der Waals surface area contributed by atoms with Gasteiger partial charge in [-0.2, -0.15) is 0 Å². The summed E-state index contributed by atoms with van der Waals surface area (Å²) in [4.78, 5) is 78.2. The zero-order chi connectivity index (χ0) is 41.2. The van der Waals surface area contributed by atoms with E-state index in [0.29, 0.717) is 39.5 Å². The molecule has 0 radical (unpaired) electrons. The summed E-state index contributed by atoms with van der Waals surface area (Å²) in [7, 11) is 0. The number of H-pyrrole nitrogens is 1. The van der Waals surface area contributed by atoms with Crippen LogP contribution in [0.25, 0.3) is 22.9 Å². The van der Waals surface area contributed by atoms with Crippen LogP contribution >= 0.6 is 11.3 Å². The number of aryl methyl sites for hydroxylation is 1. The predicted molar refractivity (Wildman–Crippen MR) is 223 cm³/mol. The highest BCUT2D eigenvalue weighted by atomic mass is 32.1. The summed E-state index contributed by atoms with van der Waals surface area (Å²) in [6.45, 7) is 10.8. The van der Waals surface area contributed by atoms with Crippen molar-refractivity contribution in [3.05, 3.63) is 124 Å². The molecule has 0 spiro atoms. The minimum atomic E-state index is -0.816. The number of amides is 2. The van der Waals surface area contributed by atoms with E-state index in [2.05, 4.69) is 44.3 Å². The van der Waals surface area contributed by atoms with Crippen LogP contribution < -0.4 is 20.1 Å². The summed E-state index contributed by atoms with van der Waals surface area (Å²) >= 11 is 1.29. The lowest BCUT2D eigenvalue weighted by Crippen LogP contribution is -2.28. The van der Waals surface area contributed by atoms with Crippen LogP contribution in [0.2, 0.25) is 0 Å². The number of nitrogens with zero attached hydrogens (tertiary/aromatic N) is 3. The highest BCUT2D eigenvalue weighted by molar-refractivity contribution is 7.14. The van der Waals surface area contributed by atoms with E-state index in [1.54, 1.807) is 60.9 Å². The average Bonchev–Trinajstić information content (AvgIpc) is 3.89. The molecule has 0 bridgehead atoms. The number of fused-ring (bicyclic) bond motifs is 1. The number of nitrogens with one attached hydrogen (secondary N) is 3. The van der Waals surface area contributed by atoms with Crippen LogP contribution in [-0.2, 0) is 27.3 Å². The van der Waals surface area contributed by atoms with Gasteiger partial charge in [0.15, 0.2) is 16.7 Å². The molecule has 14 heteroatoms. The van der Waals surface area contributed by atoms with Crippen molar-refractivity contribution in [2.75, 3.05) is 25.0 Å². The van der Waals surface area contributed by atoms with Crippen LogP contribution in [0.5, 0.6) is 11.5 Å².